The van der Waals surface area contributed by atoms with Crippen LogP contribution in [-0.2, 0) is 11.8 Å². The van der Waals surface area contributed by atoms with Gasteiger partial charge in [0.15, 0.2) is 0 Å². The number of nitrogens with one attached hydrogen (secondary N) is 1. The highest BCUT2D eigenvalue weighted by Gasteiger charge is 2.54. The predicted octanol–water partition coefficient (Wildman–Crippen LogP) is 4.16. The van der Waals surface area contributed by atoms with Gasteiger partial charge in [-0.05, 0) is 77.8 Å². The van der Waals surface area contributed by atoms with Crippen LogP contribution in [0.2, 0.25) is 0 Å². The van der Waals surface area contributed by atoms with Gasteiger partial charge in [0.1, 0.15) is 5.75 Å². The highest BCUT2D eigenvalue weighted by Crippen LogP contribution is 2.60. The van der Waals surface area contributed by atoms with E-state index in [0.717, 1.165) is 12.8 Å². The summed E-state index contributed by atoms with van der Waals surface area (Å²) in [5.74, 6) is 2.26. The Bertz CT molecular complexity index is 821. The predicted molar refractivity (Wildman–Crippen MR) is 90.4 cm³/mol. The lowest BCUT2D eigenvalue weighted by atomic mass is 9.55. The quantitative estimate of drug-likeness (QED) is 0.768. The fourth-order valence-electron chi connectivity index (χ4n) is 5.72. The van der Waals surface area contributed by atoms with E-state index >= 15 is 0 Å². The molecule has 3 nitrogen and oxygen atoms in total. The van der Waals surface area contributed by atoms with Crippen molar-refractivity contribution in [2.45, 2.75) is 43.9 Å². The van der Waals surface area contributed by atoms with Crippen LogP contribution in [-0.4, -0.2) is 15.3 Å². The van der Waals surface area contributed by atoms with Crippen molar-refractivity contribution in [3.05, 3.63) is 53.4 Å². The number of rotatable bonds is 0. The number of benzene rings is 1. The Balaban J connectivity index is 1.60. The van der Waals surface area contributed by atoms with Crippen molar-refractivity contribution in [1.82, 2.24) is 10.2 Å². The molecule has 3 aliphatic rings. The molecule has 4 atom stereocenters. The molecule has 0 radical (unpaired) electrons. The lowest BCUT2D eigenvalue weighted by Crippen LogP contribution is -2.43. The van der Waals surface area contributed by atoms with Gasteiger partial charge < -0.3 is 5.11 Å². The van der Waals surface area contributed by atoms with Crippen molar-refractivity contribution in [2.75, 3.05) is 0 Å². The topological polar surface area (TPSA) is 48.9 Å². The van der Waals surface area contributed by atoms with Crippen molar-refractivity contribution < 1.29 is 5.11 Å². The van der Waals surface area contributed by atoms with E-state index in [-0.39, 0.29) is 5.41 Å². The smallest absolute Gasteiger partial charge is 0.116 e. The molecule has 0 spiro atoms. The molecule has 23 heavy (non-hydrogen) atoms. The van der Waals surface area contributed by atoms with Gasteiger partial charge in [-0.3, -0.25) is 5.10 Å². The summed E-state index contributed by atoms with van der Waals surface area (Å²) in [6, 6.07) is 5.87. The third kappa shape index (κ3) is 1.63. The van der Waals surface area contributed by atoms with Crippen molar-refractivity contribution in [1.29, 1.82) is 0 Å². The molecule has 1 aromatic carbocycles. The van der Waals surface area contributed by atoms with E-state index in [2.05, 4.69) is 36.0 Å². The normalized spacial score (nSPS) is 34.5. The number of aromatic amines is 1. The van der Waals surface area contributed by atoms with Gasteiger partial charge in [-0.2, -0.15) is 5.10 Å². The van der Waals surface area contributed by atoms with Crippen LogP contribution >= 0.6 is 0 Å². The summed E-state index contributed by atoms with van der Waals surface area (Å²) < 4.78 is 0. The number of fused-ring (bicyclic) bond motifs is 7. The molecule has 0 saturated heterocycles. The average molecular weight is 306 g/mol. The Hall–Kier alpha value is -2.03. The maximum atomic E-state index is 9.83. The first-order valence-corrected chi connectivity index (χ1v) is 8.62. The van der Waals surface area contributed by atoms with Gasteiger partial charge in [-0.15, -0.1) is 0 Å². The van der Waals surface area contributed by atoms with Gasteiger partial charge >= 0.3 is 0 Å². The average Bonchev–Trinajstić information content (AvgIpc) is 3.09. The monoisotopic (exact) mass is 306 g/mol. The van der Waals surface area contributed by atoms with E-state index in [0.29, 0.717) is 23.5 Å². The second-order valence-corrected chi connectivity index (χ2v) is 7.88. The van der Waals surface area contributed by atoms with Crippen LogP contribution in [0.5, 0.6) is 5.75 Å². The zero-order valence-corrected chi connectivity index (χ0v) is 13.5. The summed E-state index contributed by atoms with van der Waals surface area (Å²) in [5.41, 5.74) is 6.71. The molecule has 0 aliphatic heterocycles. The van der Waals surface area contributed by atoms with Crippen LogP contribution in [0.25, 0.3) is 5.57 Å². The van der Waals surface area contributed by atoms with Crippen molar-refractivity contribution in [2.24, 2.45) is 11.8 Å². The second-order valence-electron chi connectivity index (χ2n) is 7.88. The van der Waals surface area contributed by atoms with Gasteiger partial charge in [0.05, 0.1) is 5.69 Å². The highest BCUT2D eigenvalue weighted by atomic mass is 16.3. The fraction of sp³-hybridized carbons (Fsp3) is 0.450. The number of phenols is 1. The molecule has 0 amide bonds. The SMILES string of the molecule is C=C1CC2C(CC[C@]3(C)c4n[nH]cc4CC23)c2ccc(O)cc21. The maximum absolute atomic E-state index is 9.83. The van der Waals surface area contributed by atoms with Crippen LogP contribution in [0.4, 0.5) is 0 Å². The van der Waals surface area contributed by atoms with E-state index in [1.165, 1.54) is 40.8 Å². The standard InChI is InChI=1S/C20H22N2O/c1-11-7-17-15(14-4-3-13(23)9-16(11)14)5-6-20(2)18(17)8-12-10-21-22-19(12)20/h3-4,9-10,15,17-18,23H,1,5-8H2,2H3,(H,21,22)/t15?,17?,18?,20-/m0/s1. The van der Waals surface area contributed by atoms with Crippen LogP contribution in [0, 0.1) is 11.8 Å². The molecule has 2 aromatic rings. The van der Waals surface area contributed by atoms with Gasteiger partial charge in [0.25, 0.3) is 0 Å². The zero-order valence-electron chi connectivity index (χ0n) is 13.5. The van der Waals surface area contributed by atoms with Gasteiger partial charge in [0, 0.05) is 11.6 Å². The number of aromatic hydroxyl groups is 1. The molecule has 118 valence electrons. The van der Waals surface area contributed by atoms with Gasteiger partial charge in [-0.25, -0.2) is 0 Å². The van der Waals surface area contributed by atoms with Crippen LogP contribution in [0.15, 0.2) is 31.0 Å². The molecule has 1 fully saturated rings. The molecule has 3 unspecified atom stereocenters. The van der Waals surface area contributed by atoms with Gasteiger partial charge in [0.2, 0.25) is 0 Å². The first-order chi connectivity index (χ1) is 11.1. The minimum atomic E-state index is 0.213. The van der Waals surface area contributed by atoms with Gasteiger partial charge in [-0.1, -0.05) is 19.6 Å². The maximum Gasteiger partial charge on any atom is 0.116 e. The number of hydrogen-bond donors (Lipinski definition) is 2. The summed E-state index contributed by atoms with van der Waals surface area (Å²) in [5, 5.41) is 17.5. The molecule has 1 saturated carbocycles. The number of H-pyrrole nitrogens is 1. The van der Waals surface area contributed by atoms with Crippen molar-refractivity contribution in [3.63, 3.8) is 0 Å². The van der Waals surface area contributed by atoms with E-state index in [9.17, 15) is 5.11 Å². The minimum absolute atomic E-state index is 0.213. The molecule has 3 heteroatoms. The van der Waals surface area contributed by atoms with E-state index in [4.69, 9.17) is 0 Å². The summed E-state index contributed by atoms with van der Waals surface area (Å²) in [4.78, 5) is 0. The Morgan fingerprint density at radius 3 is 3.09 bits per heavy atom. The Labute approximate surface area is 136 Å². The molecule has 2 N–H and O–H groups in total. The lowest BCUT2D eigenvalue weighted by Gasteiger charge is -2.49. The van der Waals surface area contributed by atoms with Crippen LogP contribution < -0.4 is 0 Å². The fourth-order valence-corrected chi connectivity index (χ4v) is 5.72. The molecular weight excluding hydrogens is 284 g/mol. The number of hydrogen-bond acceptors (Lipinski definition) is 2. The van der Waals surface area contributed by atoms with E-state index in [1.807, 2.05) is 12.1 Å². The molecule has 0 bridgehead atoms. The number of aromatic nitrogens is 2. The first-order valence-electron chi connectivity index (χ1n) is 8.62. The third-order valence-corrected chi connectivity index (χ3v) is 6.83. The van der Waals surface area contributed by atoms with E-state index in [1.54, 1.807) is 0 Å². The Morgan fingerprint density at radius 2 is 2.22 bits per heavy atom. The molecule has 5 rings (SSSR count). The number of allylic oxidation sites excluding steroid dienone is 1. The highest BCUT2D eigenvalue weighted by molar-refractivity contribution is 5.71. The molecule has 1 heterocycles. The summed E-state index contributed by atoms with van der Waals surface area (Å²) in [6.45, 7) is 6.74. The minimum Gasteiger partial charge on any atom is -0.508 e. The Morgan fingerprint density at radius 1 is 1.35 bits per heavy atom. The van der Waals surface area contributed by atoms with Crippen molar-refractivity contribution >= 4 is 5.57 Å². The lowest BCUT2D eigenvalue weighted by molar-refractivity contribution is 0.116. The van der Waals surface area contributed by atoms with Crippen LogP contribution in [0.1, 0.15) is 54.5 Å². The van der Waals surface area contributed by atoms with E-state index < -0.39 is 0 Å². The third-order valence-electron chi connectivity index (χ3n) is 6.83. The van der Waals surface area contributed by atoms with Crippen molar-refractivity contribution in [3.8, 4) is 5.75 Å². The summed E-state index contributed by atoms with van der Waals surface area (Å²) >= 11 is 0. The number of nitrogens with zero attached hydrogens (tertiary/aromatic N) is 1. The van der Waals surface area contributed by atoms with Crippen LogP contribution in [0.3, 0.4) is 0 Å². The summed E-state index contributed by atoms with van der Waals surface area (Å²) in [6.07, 6.45) is 6.69. The first kappa shape index (κ1) is 13.4. The second kappa shape index (κ2) is 4.28. The molecule has 3 aliphatic carbocycles. The largest absolute Gasteiger partial charge is 0.508 e. The Kier molecular flexibility index (Phi) is 2.50. The molecule has 1 aromatic heterocycles. The summed E-state index contributed by atoms with van der Waals surface area (Å²) in [7, 11) is 0. The number of phenolic OH excluding ortho intramolecular Hbond substituents is 1. The zero-order chi connectivity index (χ0) is 15.8. The molecular formula is C20H22N2O.